The van der Waals surface area contributed by atoms with E-state index >= 15 is 0 Å². The first-order valence-electron chi connectivity index (χ1n) is 4.85. The van der Waals surface area contributed by atoms with Gasteiger partial charge < -0.3 is 9.84 Å². The number of allylic oxidation sites excluding steroid dienone is 1. The molecule has 1 saturated carbocycles. The maximum absolute atomic E-state index is 9.59. The third-order valence-electron chi connectivity index (χ3n) is 2.57. The maximum Gasteiger partial charge on any atom is 0.157 e. The molecule has 1 atom stereocenters. The van der Waals surface area contributed by atoms with E-state index in [4.69, 9.17) is 4.74 Å². The van der Waals surface area contributed by atoms with Gasteiger partial charge in [0.25, 0.3) is 0 Å². The highest BCUT2D eigenvalue weighted by Gasteiger charge is 2.23. The topological polar surface area (TPSA) is 29.5 Å². The lowest BCUT2D eigenvalue weighted by atomic mass is 9.86. The van der Waals surface area contributed by atoms with Crippen LogP contribution in [0.4, 0.5) is 0 Å². The summed E-state index contributed by atoms with van der Waals surface area (Å²) < 4.78 is 7.35. The van der Waals surface area contributed by atoms with Gasteiger partial charge in [0.05, 0.1) is 0 Å². The number of hydrogen-bond donors (Lipinski definition) is 1. The normalized spacial score (nSPS) is 25.8. The van der Waals surface area contributed by atoms with E-state index in [1.807, 2.05) is 6.92 Å². The highest BCUT2D eigenvalue weighted by atomic mass is 127. The van der Waals surface area contributed by atoms with E-state index in [1.54, 1.807) is 0 Å². The van der Waals surface area contributed by atoms with Crippen LogP contribution in [-0.4, -0.2) is 18.0 Å². The molecule has 0 spiro atoms. The predicted molar refractivity (Wildman–Crippen MR) is 61.7 cm³/mol. The molecule has 0 aromatic rings. The highest BCUT2D eigenvalue weighted by Crippen LogP contribution is 2.31. The van der Waals surface area contributed by atoms with E-state index in [0.29, 0.717) is 12.5 Å². The number of aliphatic hydroxyl groups is 1. The summed E-state index contributed by atoms with van der Waals surface area (Å²) in [5, 5.41) is 9.59. The highest BCUT2D eigenvalue weighted by molar-refractivity contribution is 14.1. The fraction of sp³-hybridized carbons (Fsp3) is 0.800. The minimum absolute atomic E-state index is 0.347. The number of ether oxygens (including phenoxy) is 1. The summed E-state index contributed by atoms with van der Waals surface area (Å²) in [7, 11) is 0. The van der Waals surface area contributed by atoms with Crippen LogP contribution in [0.1, 0.15) is 32.6 Å². The Morgan fingerprint density at radius 3 is 2.69 bits per heavy atom. The zero-order valence-corrected chi connectivity index (χ0v) is 10.2. The molecule has 1 aliphatic rings. The van der Waals surface area contributed by atoms with Crippen LogP contribution in [0.5, 0.6) is 0 Å². The van der Waals surface area contributed by atoms with Crippen LogP contribution in [-0.2, 0) is 4.74 Å². The standard InChI is InChI=1S/C10H17IO2/c1-2-13-10(12)9-5-3-8(7-11)4-6-9/h7,9-10,12H,2-6H2,1H3. The molecule has 0 aromatic carbocycles. The second-order valence-corrected chi connectivity index (χ2v) is 4.07. The monoisotopic (exact) mass is 296 g/mol. The molecule has 0 aromatic heterocycles. The summed E-state index contributed by atoms with van der Waals surface area (Å²) in [4.78, 5) is 0. The van der Waals surface area contributed by atoms with Crippen LogP contribution in [0.15, 0.2) is 9.66 Å². The Balaban J connectivity index is 2.31. The van der Waals surface area contributed by atoms with Gasteiger partial charge in [-0.15, -0.1) is 0 Å². The molecular weight excluding hydrogens is 279 g/mol. The van der Waals surface area contributed by atoms with Gasteiger partial charge in [0.15, 0.2) is 6.29 Å². The molecule has 76 valence electrons. The van der Waals surface area contributed by atoms with Crippen molar-refractivity contribution >= 4 is 22.6 Å². The summed E-state index contributed by atoms with van der Waals surface area (Å²) in [5.74, 6) is 0.347. The van der Waals surface area contributed by atoms with E-state index in [-0.39, 0.29) is 0 Å². The molecule has 0 radical (unpaired) electrons. The Morgan fingerprint density at radius 2 is 2.23 bits per heavy atom. The Morgan fingerprint density at radius 1 is 1.62 bits per heavy atom. The summed E-state index contributed by atoms with van der Waals surface area (Å²) >= 11 is 2.29. The van der Waals surface area contributed by atoms with E-state index in [9.17, 15) is 5.11 Å². The molecule has 0 saturated heterocycles. The van der Waals surface area contributed by atoms with E-state index in [0.717, 1.165) is 25.7 Å². The van der Waals surface area contributed by atoms with Crippen LogP contribution in [0.3, 0.4) is 0 Å². The second kappa shape index (κ2) is 5.98. The van der Waals surface area contributed by atoms with Crippen molar-refractivity contribution in [1.82, 2.24) is 0 Å². The lowest BCUT2D eigenvalue weighted by Crippen LogP contribution is -2.26. The van der Waals surface area contributed by atoms with Gasteiger partial charge in [0, 0.05) is 12.5 Å². The van der Waals surface area contributed by atoms with Crippen molar-refractivity contribution in [3.8, 4) is 0 Å². The van der Waals surface area contributed by atoms with Gasteiger partial charge in [-0.3, -0.25) is 0 Å². The maximum atomic E-state index is 9.59. The van der Waals surface area contributed by atoms with Crippen molar-refractivity contribution in [2.24, 2.45) is 5.92 Å². The SMILES string of the molecule is CCOC(O)C1CCC(=CI)CC1. The molecule has 0 bridgehead atoms. The molecule has 3 heteroatoms. The molecule has 2 nitrogen and oxygen atoms in total. The Hall–Kier alpha value is 0.390. The van der Waals surface area contributed by atoms with Crippen molar-refractivity contribution in [1.29, 1.82) is 0 Å². The van der Waals surface area contributed by atoms with Crippen molar-refractivity contribution in [3.63, 3.8) is 0 Å². The second-order valence-electron chi connectivity index (χ2n) is 3.45. The number of rotatable bonds is 3. The molecule has 0 heterocycles. The molecule has 0 amide bonds. The van der Waals surface area contributed by atoms with Crippen LogP contribution >= 0.6 is 22.6 Å². The van der Waals surface area contributed by atoms with Gasteiger partial charge in [-0.2, -0.15) is 0 Å². The first-order chi connectivity index (χ1) is 6.27. The first kappa shape index (κ1) is 11.5. The van der Waals surface area contributed by atoms with Gasteiger partial charge in [-0.1, -0.05) is 28.2 Å². The summed E-state index contributed by atoms with van der Waals surface area (Å²) in [6.07, 6.45) is 3.84. The fourth-order valence-corrected chi connectivity index (χ4v) is 2.33. The molecular formula is C10H17IO2. The number of aliphatic hydroxyl groups excluding tert-OH is 1. The summed E-state index contributed by atoms with van der Waals surface area (Å²) in [5.41, 5.74) is 1.51. The number of hydrogen-bond acceptors (Lipinski definition) is 2. The zero-order chi connectivity index (χ0) is 9.68. The summed E-state index contributed by atoms with van der Waals surface area (Å²) in [6, 6.07) is 0. The lowest BCUT2D eigenvalue weighted by molar-refractivity contribution is -0.135. The predicted octanol–water partition coefficient (Wildman–Crippen LogP) is 2.85. The first-order valence-corrected chi connectivity index (χ1v) is 6.10. The molecule has 0 aliphatic heterocycles. The molecule has 1 N–H and O–H groups in total. The van der Waals surface area contributed by atoms with Crippen molar-refractivity contribution in [2.45, 2.75) is 38.9 Å². The van der Waals surface area contributed by atoms with Crippen LogP contribution < -0.4 is 0 Å². The quantitative estimate of drug-likeness (QED) is 0.641. The summed E-state index contributed by atoms with van der Waals surface area (Å²) in [6.45, 7) is 2.52. The van der Waals surface area contributed by atoms with Crippen LogP contribution in [0.25, 0.3) is 0 Å². The average molecular weight is 296 g/mol. The van der Waals surface area contributed by atoms with Crippen molar-refractivity contribution in [2.75, 3.05) is 6.61 Å². The van der Waals surface area contributed by atoms with Crippen molar-refractivity contribution < 1.29 is 9.84 Å². The average Bonchev–Trinajstić information content (AvgIpc) is 2.18. The largest absolute Gasteiger partial charge is 0.368 e. The van der Waals surface area contributed by atoms with Gasteiger partial charge in [0.2, 0.25) is 0 Å². The van der Waals surface area contributed by atoms with Gasteiger partial charge in [-0.25, -0.2) is 0 Å². The third-order valence-corrected chi connectivity index (χ3v) is 3.45. The van der Waals surface area contributed by atoms with E-state index in [1.165, 1.54) is 5.57 Å². The molecule has 1 aliphatic carbocycles. The molecule has 1 rings (SSSR count). The Kier molecular flexibility index (Phi) is 5.28. The minimum Gasteiger partial charge on any atom is -0.368 e. The molecule has 1 unspecified atom stereocenters. The van der Waals surface area contributed by atoms with Gasteiger partial charge in [-0.05, 0) is 36.7 Å². The van der Waals surface area contributed by atoms with E-state index < -0.39 is 6.29 Å². The lowest BCUT2D eigenvalue weighted by Gasteiger charge is -2.27. The molecule has 13 heavy (non-hydrogen) atoms. The smallest absolute Gasteiger partial charge is 0.157 e. The van der Waals surface area contributed by atoms with Gasteiger partial charge in [0.1, 0.15) is 0 Å². The Labute approximate surface area is 93.5 Å². The van der Waals surface area contributed by atoms with Gasteiger partial charge >= 0.3 is 0 Å². The minimum atomic E-state index is -0.541. The van der Waals surface area contributed by atoms with Crippen LogP contribution in [0.2, 0.25) is 0 Å². The van der Waals surface area contributed by atoms with E-state index in [2.05, 4.69) is 26.7 Å². The van der Waals surface area contributed by atoms with Crippen LogP contribution in [0, 0.1) is 5.92 Å². The molecule has 1 fully saturated rings. The Bertz CT molecular complexity index is 170. The zero-order valence-electron chi connectivity index (χ0n) is 8.00. The fourth-order valence-electron chi connectivity index (χ4n) is 1.71. The number of halogens is 1. The third kappa shape index (κ3) is 3.56. The van der Waals surface area contributed by atoms with Crippen molar-refractivity contribution in [3.05, 3.63) is 9.66 Å².